The first-order valence-corrected chi connectivity index (χ1v) is 9.90. The molecule has 1 fully saturated rings. The predicted molar refractivity (Wildman–Crippen MR) is 115 cm³/mol. The predicted octanol–water partition coefficient (Wildman–Crippen LogP) is 4.08. The summed E-state index contributed by atoms with van der Waals surface area (Å²) in [5.41, 5.74) is 2.50. The Kier molecular flexibility index (Phi) is 9.03. The Morgan fingerprint density at radius 3 is 2.79 bits per heavy atom. The number of pyridine rings is 1. The van der Waals surface area contributed by atoms with Crippen molar-refractivity contribution in [2.45, 2.75) is 33.4 Å². The number of rotatable bonds is 8. The molecule has 3 rings (SSSR count). The lowest BCUT2D eigenvalue weighted by Gasteiger charge is -2.36. The molecule has 0 spiro atoms. The monoisotopic (exact) mass is 405 g/mol. The molecule has 0 saturated carbocycles. The lowest BCUT2D eigenvalue weighted by Crippen LogP contribution is -2.45. The Morgan fingerprint density at radius 1 is 1.21 bits per heavy atom. The minimum absolute atomic E-state index is 0. The number of piperazine rings is 1. The quantitative estimate of drug-likeness (QED) is 0.716. The largest absolute Gasteiger partial charge is 0.490 e. The van der Waals surface area contributed by atoms with Crippen LogP contribution in [0, 0.1) is 5.92 Å². The number of halogens is 1. The third-order valence-corrected chi connectivity index (χ3v) is 4.69. The fourth-order valence-corrected chi connectivity index (χ4v) is 3.37. The molecular formula is C22H32ClN3O2. The van der Waals surface area contributed by atoms with Gasteiger partial charge in [-0.3, -0.25) is 9.88 Å². The Bertz CT molecular complexity index is 712. The van der Waals surface area contributed by atoms with Gasteiger partial charge in [0.2, 0.25) is 0 Å². The van der Waals surface area contributed by atoms with Crippen molar-refractivity contribution >= 4 is 12.4 Å². The van der Waals surface area contributed by atoms with Gasteiger partial charge in [-0.1, -0.05) is 26.0 Å². The lowest BCUT2D eigenvalue weighted by molar-refractivity contribution is 0.153. The number of ether oxygens (including phenoxy) is 2. The fourth-order valence-electron chi connectivity index (χ4n) is 3.37. The van der Waals surface area contributed by atoms with Crippen molar-refractivity contribution in [2.75, 3.05) is 32.8 Å². The first-order valence-electron chi connectivity index (χ1n) is 9.90. The van der Waals surface area contributed by atoms with Crippen molar-refractivity contribution in [3.8, 4) is 11.5 Å². The second kappa shape index (κ2) is 11.2. The second-order valence-corrected chi connectivity index (χ2v) is 7.40. The van der Waals surface area contributed by atoms with Gasteiger partial charge in [-0.2, -0.15) is 0 Å². The van der Waals surface area contributed by atoms with Gasteiger partial charge in [0.15, 0.2) is 11.5 Å². The first-order chi connectivity index (χ1) is 13.2. The number of nitrogens with zero attached hydrogens (tertiary/aromatic N) is 2. The van der Waals surface area contributed by atoms with Gasteiger partial charge in [-0.15, -0.1) is 12.4 Å². The van der Waals surface area contributed by atoms with E-state index in [4.69, 9.17) is 9.47 Å². The van der Waals surface area contributed by atoms with Crippen molar-refractivity contribution in [3.63, 3.8) is 0 Å². The second-order valence-electron chi connectivity index (χ2n) is 7.40. The van der Waals surface area contributed by atoms with E-state index in [1.807, 2.05) is 31.5 Å². The van der Waals surface area contributed by atoms with Gasteiger partial charge in [0.1, 0.15) is 0 Å². The van der Waals surface area contributed by atoms with Crippen LogP contribution >= 0.6 is 12.4 Å². The van der Waals surface area contributed by atoms with Crippen LogP contribution < -0.4 is 14.8 Å². The average molecular weight is 406 g/mol. The van der Waals surface area contributed by atoms with Gasteiger partial charge in [0.05, 0.1) is 13.2 Å². The molecule has 6 heteroatoms. The normalized spacial score (nSPS) is 17.2. The van der Waals surface area contributed by atoms with E-state index in [0.717, 1.165) is 37.7 Å². The van der Waals surface area contributed by atoms with E-state index in [1.54, 1.807) is 0 Å². The lowest BCUT2D eigenvalue weighted by atomic mass is 10.0. The summed E-state index contributed by atoms with van der Waals surface area (Å²) in [5, 5.41) is 3.50. The number of hydrogen-bond donors (Lipinski definition) is 1. The summed E-state index contributed by atoms with van der Waals surface area (Å²) in [6.45, 7) is 11.5. The summed E-state index contributed by atoms with van der Waals surface area (Å²) in [4.78, 5) is 6.80. The maximum atomic E-state index is 5.93. The van der Waals surface area contributed by atoms with Crippen molar-refractivity contribution in [2.24, 2.45) is 5.92 Å². The van der Waals surface area contributed by atoms with E-state index in [0.29, 0.717) is 25.2 Å². The Hall–Kier alpha value is -1.82. The van der Waals surface area contributed by atoms with Crippen LogP contribution in [-0.4, -0.2) is 42.7 Å². The van der Waals surface area contributed by atoms with Crippen molar-refractivity contribution in [3.05, 3.63) is 53.9 Å². The van der Waals surface area contributed by atoms with Crippen LogP contribution in [-0.2, 0) is 6.54 Å². The van der Waals surface area contributed by atoms with E-state index >= 15 is 0 Å². The summed E-state index contributed by atoms with van der Waals surface area (Å²) in [6, 6.07) is 10.8. The number of nitrogens with one attached hydrogen (secondary N) is 1. The van der Waals surface area contributed by atoms with Crippen LogP contribution in [0.4, 0.5) is 0 Å². The zero-order valence-corrected chi connectivity index (χ0v) is 17.9. The zero-order valence-electron chi connectivity index (χ0n) is 17.1. The first kappa shape index (κ1) is 22.5. The van der Waals surface area contributed by atoms with Gasteiger partial charge in [-0.05, 0) is 42.2 Å². The molecule has 1 aliphatic rings. The van der Waals surface area contributed by atoms with Gasteiger partial charge in [-0.25, -0.2) is 0 Å². The molecule has 1 aromatic carbocycles. The van der Waals surface area contributed by atoms with E-state index in [1.165, 1.54) is 11.1 Å². The molecule has 5 nitrogen and oxygen atoms in total. The molecule has 0 bridgehead atoms. The highest BCUT2D eigenvalue weighted by Crippen LogP contribution is 2.31. The maximum absolute atomic E-state index is 5.93. The Labute approximate surface area is 174 Å². The number of benzene rings is 1. The molecular weight excluding hydrogens is 374 g/mol. The molecule has 1 aliphatic heterocycles. The third kappa shape index (κ3) is 6.09. The molecule has 1 unspecified atom stereocenters. The van der Waals surface area contributed by atoms with Crippen LogP contribution in [0.3, 0.4) is 0 Å². The van der Waals surface area contributed by atoms with Gasteiger partial charge < -0.3 is 14.8 Å². The Morgan fingerprint density at radius 2 is 2.07 bits per heavy atom. The van der Waals surface area contributed by atoms with Crippen molar-refractivity contribution < 1.29 is 9.47 Å². The average Bonchev–Trinajstić information content (AvgIpc) is 2.69. The summed E-state index contributed by atoms with van der Waals surface area (Å²) in [6.07, 6.45) is 3.80. The van der Waals surface area contributed by atoms with Gasteiger partial charge in [0, 0.05) is 44.6 Å². The fraction of sp³-hybridized carbons (Fsp3) is 0.500. The van der Waals surface area contributed by atoms with Crippen LogP contribution in [0.25, 0.3) is 0 Å². The molecule has 2 heterocycles. The Balaban J connectivity index is 0.00000280. The van der Waals surface area contributed by atoms with Crippen LogP contribution in [0.5, 0.6) is 11.5 Å². The minimum atomic E-state index is 0. The van der Waals surface area contributed by atoms with E-state index < -0.39 is 0 Å². The molecule has 1 saturated heterocycles. The molecule has 154 valence electrons. The van der Waals surface area contributed by atoms with Gasteiger partial charge in [0.25, 0.3) is 0 Å². The smallest absolute Gasteiger partial charge is 0.161 e. The standard InChI is InChI=1S/C22H31N3O2.ClH/c1-4-26-22-12-18(7-8-21(22)27-16-17(2)3)15-25-11-10-24-14-20(25)19-6-5-9-23-13-19;/h5-9,12-13,17,20,24H,4,10-11,14-16H2,1-3H3;1H. The number of hydrogen-bond acceptors (Lipinski definition) is 5. The highest BCUT2D eigenvalue weighted by molar-refractivity contribution is 5.85. The molecule has 1 aromatic heterocycles. The topological polar surface area (TPSA) is 46.6 Å². The molecule has 28 heavy (non-hydrogen) atoms. The minimum Gasteiger partial charge on any atom is -0.490 e. The summed E-state index contributed by atoms with van der Waals surface area (Å²) >= 11 is 0. The highest BCUT2D eigenvalue weighted by Gasteiger charge is 2.24. The molecule has 0 aliphatic carbocycles. The SMILES string of the molecule is CCOc1cc(CN2CCNCC2c2cccnc2)ccc1OCC(C)C.Cl. The van der Waals surface area contributed by atoms with E-state index in [-0.39, 0.29) is 12.4 Å². The third-order valence-electron chi connectivity index (χ3n) is 4.69. The molecule has 1 atom stereocenters. The highest BCUT2D eigenvalue weighted by atomic mass is 35.5. The molecule has 1 N–H and O–H groups in total. The van der Waals surface area contributed by atoms with Crippen molar-refractivity contribution in [1.82, 2.24) is 15.2 Å². The summed E-state index contributed by atoms with van der Waals surface area (Å²) in [5.74, 6) is 2.15. The van der Waals surface area contributed by atoms with Crippen LogP contribution in [0.1, 0.15) is 37.9 Å². The molecule has 0 radical (unpaired) electrons. The summed E-state index contributed by atoms with van der Waals surface area (Å²) < 4.78 is 11.8. The maximum Gasteiger partial charge on any atom is 0.161 e. The molecule has 0 amide bonds. The van der Waals surface area contributed by atoms with E-state index in [2.05, 4.69) is 47.2 Å². The van der Waals surface area contributed by atoms with Crippen molar-refractivity contribution in [1.29, 1.82) is 0 Å². The van der Waals surface area contributed by atoms with Crippen LogP contribution in [0.15, 0.2) is 42.7 Å². The number of aromatic nitrogens is 1. The van der Waals surface area contributed by atoms with Gasteiger partial charge >= 0.3 is 0 Å². The van der Waals surface area contributed by atoms with E-state index in [9.17, 15) is 0 Å². The van der Waals surface area contributed by atoms with Crippen LogP contribution in [0.2, 0.25) is 0 Å². The zero-order chi connectivity index (χ0) is 19.1. The summed E-state index contributed by atoms with van der Waals surface area (Å²) in [7, 11) is 0. The molecule has 2 aromatic rings.